The Morgan fingerprint density at radius 2 is 2.18 bits per heavy atom. The normalized spacial score (nSPS) is 18.4. The highest BCUT2D eigenvalue weighted by Gasteiger charge is 2.27. The molecule has 22 heavy (non-hydrogen) atoms. The van der Waals surface area contributed by atoms with Gasteiger partial charge in [-0.15, -0.1) is 0 Å². The Hall–Kier alpha value is -1.59. The number of hydrogen-bond acceptors (Lipinski definition) is 4. The van der Waals surface area contributed by atoms with Crippen LogP contribution in [0.4, 0.5) is 4.79 Å². The second-order valence-electron chi connectivity index (χ2n) is 5.63. The third-order valence-corrected chi connectivity index (χ3v) is 4.16. The summed E-state index contributed by atoms with van der Waals surface area (Å²) in [5.41, 5.74) is 0.995. The van der Waals surface area contributed by atoms with Crippen LogP contribution in [0, 0.1) is 0 Å². The average molecular weight is 306 g/mol. The average Bonchev–Trinajstić information content (AvgIpc) is 2.98. The third-order valence-electron chi connectivity index (χ3n) is 4.16. The fourth-order valence-electron chi connectivity index (χ4n) is 2.92. The lowest BCUT2D eigenvalue weighted by Crippen LogP contribution is -2.44. The highest BCUT2D eigenvalue weighted by Crippen LogP contribution is 2.18. The van der Waals surface area contributed by atoms with Gasteiger partial charge in [-0.2, -0.15) is 0 Å². The number of aliphatic hydroxyl groups is 1. The lowest BCUT2D eigenvalue weighted by atomic mass is 10.2. The second kappa shape index (κ2) is 8.76. The van der Waals surface area contributed by atoms with Gasteiger partial charge >= 0.3 is 6.09 Å². The lowest BCUT2D eigenvalue weighted by molar-refractivity contribution is 0.0845. The molecule has 1 unspecified atom stereocenters. The first-order chi connectivity index (χ1) is 10.7. The van der Waals surface area contributed by atoms with Gasteiger partial charge in [-0.25, -0.2) is 4.79 Å². The van der Waals surface area contributed by atoms with E-state index in [4.69, 9.17) is 9.84 Å². The largest absolute Gasteiger partial charge is 0.445 e. The number of ether oxygens (including phenoxy) is 1. The first-order valence-corrected chi connectivity index (χ1v) is 8.05. The summed E-state index contributed by atoms with van der Waals surface area (Å²) in [4.78, 5) is 16.2. The van der Waals surface area contributed by atoms with E-state index >= 15 is 0 Å². The van der Waals surface area contributed by atoms with Crippen LogP contribution >= 0.6 is 0 Å². The van der Waals surface area contributed by atoms with Gasteiger partial charge in [0.2, 0.25) is 0 Å². The number of hydrogen-bond donors (Lipinski definition) is 1. The maximum atomic E-state index is 12.2. The maximum absolute atomic E-state index is 12.2. The van der Waals surface area contributed by atoms with Crippen LogP contribution < -0.4 is 0 Å². The zero-order chi connectivity index (χ0) is 15.8. The van der Waals surface area contributed by atoms with Crippen LogP contribution in [0.3, 0.4) is 0 Å². The van der Waals surface area contributed by atoms with Crippen LogP contribution in [-0.2, 0) is 11.3 Å². The zero-order valence-electron chi connectivity index (χ0n) is 13.3. The molecule has 1 amide bonds. The molecule has 0 bridgehead atoms. The van der Waals surface area contributed by atoms with E-state index in [0.717, 1.165) is 24.9 Å². The number of rotatable bonds is 7. The number of carbonyl (C=O) groups is 1. The van der Waals surface area contributed by atoms with Crippen molar-refractivity contribution in [2.45, 2.75) is 32.4 Å². The van der Waals surface area contributed by atoms with Crippen molar-refractivity contribution in [2.24, 2.45) is 0 Å². The summed E-state index contributed by atoms with van der Waals surface area (Å²) >= 11 is 0. The topological polar surface area (TPSA) is 53.0 Å². The van der Waals surface area contributed by atoms with Gasteiger partial charge in [0, 0.05) is 25.7 Å². The molecule has 1 aliphatic heterocycles. The van der Waals surface area contributed by atoms with Crippen molar-refractivity contribution in [3.05, 3.63) is 35.9 Å². The van der Waals surface area contributed by atoms with Gasteiger partial charge in [0.15, 0.2) is 0 Å². The Morgan fingerprint density at radius 1 is 1.41 bits per heavy atom. The van der Waals surface area contributed by atoms with Crippen LogP contribution in [-0.4, -0.2) is 59.8 Å². The minimum atomic E-state index is -0.262. The van der Waals surface area contributed by atoms with Crippen molar-refractivity contribution in [2.75, 3.05) is 32.8 Å². The monoisotopic (exact) mass is 306 g/mol. The summed E-state index contributed by atoms with van der Waals surface area (Å²) < 4.78 is 5.41. The molecule has 1 aromatic rings. The predicted molar refractivity (Wildman–Crippen MR) is 85.6 cm³/mol. The first-order valence-electron chi connectivity index (χ1n) is 8.05. The first kappa shape index (κ1) is 16.8. The molecule has 0 saturated carbocycles. The number of carbonyl (C=O) groups excluding carboxylic acids is 1. The molecule has 1 N–H and O–H groups in total. The number of likely N-dealkylation sites (tertiary alicyclic amines) is 1. The molecule has 1 heterocycles. The predicted octanol–water partition coefficient (Wildman–Crippen LogP) is 2.10. The summed E-state index contributed by atoms with van der Waals surface area (Å²) in [6.07, 6.45) is 1.94. The molecule has 5 heteroatoms. The van der Waals surface area contributed by atoms with Crippen LogP contribution in [0.2, 0.25) is 0 Å². The molecule has 0 radical (unpaired) electrons. The quantitative estimate of drug-likeness (QED) is 0.838. The molecule has 1 atom stereocenters. The molecule has 0 spiro atoms. The van der Waals surface area contributed by atoms with E-state index < -0.39 is 0 Å². The second-order valence-corrected chi connectivity index (χ2v) is 5.63. The Morgan fingerprint density at radius 3 is 2.86 bits per heavy atom. The highest BCUT2D eigenvalue weighted by atomic mass is 16.6. The molecule has 2 rings (SSSR count). The summed E-state index contributed by atoms with van der Waals surface area (Å²) in [5.74, 6) is 0. The highest BCUT2D eigenvalue weighted by molar-refractivity contribution is 5.67. The van der Waals surface area contributed by atoms with Crippen molar-refractivity contribution < 1.29 is 14.6 Å². The van der Waals surface area contributed by atoms with E-state index in [1.165, 1.54) is 0 Å². The van der Waals surface area contributed by atoms with Crippen LogP contribution in [0.1, 0.15) is 25.3 Å². The molecule has 1 fully saturated rings. The van der Waals surface area contributed by atoms with Crippen molar-refractivity contribution >= 4 is 6.09 Å². The standard InChI is InChI=1S/C17H26N2O3/c1-2-18(13-16-9-6-10-19(16)11-12-20)17(21)22-14-15-7-4-3-5-8-15/h3-5,7-8,16,20H,2,6,9-14H2,1H3. The van der Waals surface area contributed by atoms with E-state index in [9.17, 15) is 4.79 Å². The Labute approximate surface area is 132 Å². The van der Waals surface area contributed by atoms with E-state index in [1.54, 1.807) is 4.90 Å². The minimum Gasteiger partial charge on any atom is -0.445 e. The van der Waals surface area contributed by atoms with Crippen molar-refractivity contribution in [3.8, 4) is 0 Å². The number of nitrogens with zero attached hydrogens (tertiary/aromatic N) is 2. The van der Waals surface area contributed by atoms with E-state index in [1.807, 2.05) is 37.3 Å². The number of likely N-dealkylation sites (N-methyl/N-ethyl adjacent to an activating group) is 1. The van der Waals surface area contributed by atoms with Crippen LogP contribution in [0.5, 0.6) is 0 Å². The van der Waals surface area contributed by atoms with Crippen molar-refractivity contribution in [3.63, 3.8) is 0 Å². The summed E-state index contributed by atoms with van der Waals surface area (Å²) in [5, 5.41) is 9.11. The third kappa shape index (κ3) is 4.71. The minimum absolute atomic E-state index is 0.168. The number of β-amino-alcohol motifs (C(OH)–C–C–N with tert-alkyl or cyclic N) is 1. The molecule has 1 aliphatic rings. The lowest BCUT2D eigenvalue weighted by Gasteiger charge is -2.29. The molecule has 1 saturated heterocycles. The van der Waals surface area contributed by atoms with Crippen LogP contribution in [0.15, 0.2) is 30.3 Å². The van der Waals surface area contributed by atoms with E-state index in [2.05, 4.69) is 4.90 Å². The van der Waals surface area contributed by atoms with Gasteiger partial charge in [0.05, 0.1) is 6.61 Å². The van der Waals surface area contributed by atoms with Gasteiger partial charge in [-0.1, -0.05) is 30.3 Å². The number of benzene rings is 1. The summed E-state index contributed by atoms with van der Waals surface area (Å²) in [6.45, 7) is 5.43. The molecule has 0 aromatic heterocycles. The molecule has 122 valence electrons. The fraction of sp³-hybridized carbons (Fsp3) is 0.588. The number of aliphatic hydroxyl groups excluding tert-OH is 1. The van der Waals surface area contributed by atoms with Gasteiger partial charge in [0.1, 0.15) is 6.61 Å². The van der Waals surface area contributed by atoms with E-state index in [-0.39, 0.29) is 12.7 Å². The maximum Gasteiger partial charge on any atom is 0.410 e. The Bertz CT molecular complexity index is 452. The molecule has 1 aromatic carbocycles. The van der Waals surface area contributed by atoms with Gasteiger partial charge in [-0.3, -0.25) is 4.90 Å². The fourth-order valence-corrected chi connectivity index (χ4v) is 2.92. The Kier molecular flexibility index (Phi) is 6.68. The molecular weight excluding hydrogens is 280 g/mol. The smallest absolute Gasteiger partial charge is 0.410 e. The van der Waals surface area contributed by atoms with Crippen molar-refractivity contribution in [1.82, 2.24) is 9.80 Å². The molecule has 5 nitrogen and oxygen atoms in total. The van der Waals surface area contributed by atoms with Crippen molar-refractivity contribution in [1.29, 1.82) is 0 Å². The zero-order valence-corrected chi connectivity index (χ0v) is 13.3. The molecule has 0 aliphatic carbocycles. The Balaban J connectivity index is 1.83. The SMILES string of the molecule is CCN(CC1CCCN1CCO)C(=O)OCc1ccccc1. The van der Waals surface area contributed by atoms with Crippen LogP contribution in [0.25, 0.3) is 0 Å². The van der Waals surface area contributed by atoms with Gasteiger partial charge in [-0.05, 0) is 31.9 Å². The number of amides is 1. The van der Waals surface area contributed by atoms with Gasteiger partial charge in [0.25, 0.3) is 0 Å². The molecular formula is C17H26N2O3. The summed E-state index contributed by atoms with van der Waals surface area (Å²) in [6, 6.07) is 10.0. The van der Waals surface area contributed by atoms with E-state index in [0.29, 0.717) is 32.3 Å². The summed E-state index contributed by atoms with van der Waals surface area (Å²) in [7, 11) is 0. The van der Waals surface area contributed by atoms with Gasteiger partial charge < -0.3 is 14.7 Å².